The minimum Gasteiger partial charge on any atom is -0.497 e. The molecular formula is C24H23F3N2O3. The molecule has 0 aromatic heterocycles. The number of nitrogens with zero attached hydrogens (tertiary/aromatic N) is 1. The van der Waals surface area contributed by atoms with Gasteiger partial charge in [-0.25, -0.2) is 4.79 Å². The van der Waals surface area contributed by atoms with Crippen LogP contribution in [0.1, 0.15) is 21.5 Å². The molecule has 0 amide bonds. The maximum atomic E-state index is 12.8. The van der Waals surface area contributed by atoms with Crippen molar-refractivity contribution in [1.29, 1.82) is 0 Å². The van der Waals surface area contributed by atoms with Crippen LogP contribution in [0.2, 0.25) is 0 Å². The SMILES string of the molecule is COC(=O)c1cc(OC)ccc1Nc1ccc(N(C)c2ccc(C(F)(F)F)cc2)cc1C. The number of alkyl halides is 3. The molecule has 0 aliphatic heterocycles. The maximum absolute atomic E-state index is 12.8. The average molecular weight is 444 g/mol. The number of hydrogen-bond donors (Lipinski definition) is 1. The molecule has 32 heavy (non-hydrogen) atoms. The van der Waals surface area contributed by atoms with Crippen LogP contribution in [0.15, 0.2) is 60.7 Å². The summed E-state index contributed by atoms with van der Waals surface area (Å²) >= 11 is 0. The highest BCUT2D eigenvalue weighted by molar-refractivity contribution is 5.97. The number of aryl methyl sites for hydroxylation is 1. The molecule has 0 aliphatic carbocycles. The van der Waals surface area contributed by atoms with Crippen molar-refractivity contribution in [2.75, 3.05) is 31.5 Å². The smallest absolute Gasteiger partial charge is 0.416 e. The van der Waals surface area contributed by atoms with Crippen LogP contribution in [0.5, 0.6) is 5.75 Å². The first-order chi connectivity index (χ1) is 15.1. The number of carbonyl (C=O) groups is 1. The van der Waals surface area contributed by atoms with E-state index in [1.807, 2.05) is 25.1 Å². The lowest BCUT2D eigenvalue weighted by Gasteiger charge is -2.22. The number of halogens is 3. The van der Waals surface area contributed by atoms with Gasteiger partial charge in [-0.05, 0) is 73.2 Å². The van der Waals surface area contributed by atoms with Crippen molar-refractivity contribution in [3.05, 3.63) is 77.4 Å². The van der Waals surface area contributed by atoms with E-state index in [9.17, 15) is 18.0 Å². The van der Waals surface area contributed by atoms with Gasteiger partial charge in [0.05, 0.1) is 31.0 Å². The number of methoxy groups -OCH3 is 2. The summed E-state index contributed by atoms with van der Waals surface area (Å²) in [7, 11) is 4.60. The molecule has 0 atom stereocenters. The van der Waals surface area contributed by atoms with Gasteiger partial charge in [0.2, 0.25) is 0 Å². The third-order valence-corrected chi connectivity index (χ3v) is 5.08. The largest absolute Gasteiger partial charge is 0.497 e. The molecule has 0 fully saturated rings. The van der Waals surface area contributed by atoms with Crippen molar-refractivity contribution in [2.24, 2.45) is 0 Å². The Hall–Kier alpha value is -3.68. The van der Waals surface area contributed by atoms with Crippen LogP contribution in [0, 0.1) is 6.92 Å². The molecule has 0 unspecified atom stereocenters. The molecule has 5 nitrogen and oxygen atoms in total. The van der Waals surface area contributed by atoms with Crippen LogP contribution in [0.25, 0.3) is 0 Å². The van der Waals surface area contributed by atoms with Gasteiger partial charge in [0.1, 0.15) is 5.75 Å². The van der Waals surface area contributed by atoms with Gasteiger partial charge in [-0.15, -0.1) is 0 Å². The van der Waals surface area contributed by atoms with Crippen LogP contribution in [0.4, 0.5) is 35.9 Å². The van der Waals surface area contributed by atoms with E-state index in [-0.39, 0.29) is 0 Å². The standard InChI is InChI=1S/C24H23F3N2O3/c1-15-13-18(29(2)17-7-5-16(6-8-17)24(25,26)27)9-11-21(15)28-22-12-10-19(31-3)14-20(22)23(30)32-4/h5-14,28H,1-4H3. The zero-order chi connectivity index (χ0) is 23.5. The van der Waals surface area contributed by atoms with Gasteiger partial charge in [-0.2, -0.15) is 13.2 Å². The zero-order valence-corrected chi connectivity index (χ0v) is 18.1. The number of anilines is 4. The van der Waals surface area contributed by atoms with Gasteiger partial charge in [0.15, 0.2) is 0 Å². The Kier molecular flexibility index (Phi) is 6.62. The molecule has 3 aromatic rings. The molecule has 0 heterocycles. The number of ether oxygens (including phenoxy) is 2. The van der Waals surface area contributed by atoms with Crippen LogP contribution < -0.4 is 15.0 Å². The van der Waals surface area contributed by atoms with Crippen molar-refractivity contribution in [3.8, 4) is 5.75 Å². The first-order valence-corrected chi connectivity index (χ1v) is 9.69. The van der Waals surface area contributed by atoms with E-state index in [1.54, 1.807) is 30.1 Å². The van der Waals surface area contributed by atoms with Gasteiger partial charge in [0.25, 0.3) is 0 Å². The van der Waals surface area contributed by atoms with E-state index in [1.165, 1.54) is 26.4 Å². The Labute approximate surface area is 184 Å². The van der Waals surface area contributed by atoms with Crippen molar-refractivity contribution in [2.45, 2.75) is 13.1 Å². The fraction of sp³-hybridized carbons (Fsp3) is 0.208. The highest BCUT2D eigenvalue weighted by atomic mass is 19.4. The first-order valence-electron chi connectivity index (χ1n) is 9.69. The van der Waals surface area contributed by atoms with E-state index in [2.05, 4.69) is 5.32 Å². The number of rotatable bonds is 6. The van der Waals surface area contributed by atoms with Gasteiger partial charge < -0.3 is 19.7 Å². The summed E-state index contributed by atoms with van der Waals surface area (Å²) in [4.78, 5) is 14.0. The normalized spacial score (nSPS) is 11.1. The van der Waals surface area contributed by atoms with Crippen LogP contribution in [-0.2, 0) is 10.9 Å². The topological polar surface area (TPSA) is 50.8 Å². The number of esters is 1. The number of carbonyl (C=O) groups excluding carboxylic acids is 1. The lowest BCUT2D eigenvalue weighted by Crippen LogP contribution is -2.11. The summed E-state index contributed by atoms with van der Waals surface area (Å²) in [5.74, 6) is 0.0314. The number of benzene rings is 3. The molecule has 0 radical (unpaired) electrons. The average Bonchev–Trinajstić information content (AvgIpc) is 2.79. The van der Waals surface area contributed by atoms with E-state index in [4.69, 9.17) is 9.47 Å². The third-order valence-electron chi connectivity index (χ3n) is 5.08. The molecular weight excluding hydrogens is 421 g/mol. The fourth-order valence-corrected chi connectivity index (χ4v) is 3.20. The predicted molar refractivity (Wildman–Crippen MR) is 118 cm³/mol. The van der Waals surface area contributed by atoms with Crippen molar-refractivity contribution in [1.82, 2.24) is 0 Å². The molecule has 0 bridgehead atoms. The minimum absolute atomic E-state index is 0.331. The third kappa shape index (κ3) is 4.96. The molecule has 0 aliphatic rings. The molecule has 168 valence electrons. The Morgan fingerprint density at radius 1 is 0.906 bits per heavy atom. The zero-order valence-electron chi connectivity index (χ0n) is 18.1. The minimum atomic E-state index is -4.37. The second-order valence-electron chi connectivity index (χ2n) is 7.13. The van der Waals surface area contributed by atoms with E-state index < -0.39 is 17.7 Å². The molecule has 0 spiro atoms. The lowest BCUT2D eigenvalue weighted by molar-refractivity contribution is -0.137. The van der Waals surface area contributed by atoms with Gasteiger partial charge >= 0.3 is 12.1 Å². The Morgan fingerprint density at radius 3 is 2.09 bits per heavy atom. The molecule has 3 rings (SSSR count). The molecule has 1 N–H and O–H groups in total. The fourth-order valence-electron chi connectivity index (χ4n) is 3.20. The number of nitrogens with one attached hydrogen (secondary N) is 1. The number of hydrogen-bond acceptors (Lipinski definition) is 5. The maximum Gasteiger partial charge on any atom is 0.416 e. The Balaban J connectivity index is 1.85. The predicted octanol–water partition coefficient (Wildman–Crippen LogP) is 6.32. The van der Waals surface area contributed by atoms with Gasteiger partial charge in [0, 0.05) is 24.1 Å². The molecule has 3 aromatic carbocycles. The molecule has 0 saturated heterocycles. The quantitative estimate of drug-likeness (QED) is 0.451. The summed E-state index contributed by atoms with van der Waals surface area (Å²) in [5, 5.41) is 3.24. The molecule has 8 heteroatoms. The van der Waals surface area contributed by atoms with Crippen molar-refractivity contribution >= 4 is 28.7 Å². The van der Waals surface area contributed by atoms with Crippen molar-refractivity contribution < 1.29 is 27.4 Å². The summed E-state index contributed by atoms with van der Waals surface area (Å²) in [6.07, 6.45) is -4.37. The van der Waals surface area contributed by atoms with E-state index in [0.717, 1.165) is 29.1 Å². The van der Waals surface area contributed by atoms with Gasteiger partial charge in [-0.3, -0.25) is 0 Å². The van der Waals surface area contributed by atoms with Crippen LogP contribution in [-0.4, -0.2) is 27.2 Å². The monoisotopic (exact) mass is 444 g/mol. The van der Waals surface area contributed by atoms with Crippen molar-refractivity contribution in [3.63, 3.8) is 0 Å². The second kappa shape index (κ2) is 9.21. The second-order valence-corrected chi connectivity index (χ2v) is 7.13. The Morgan fingerprint density at radius 2 is 1.53 bits per heavy atom. The summed E-state index contributed by atoms with van der Waals surface area (Å²) in [5.41, 5.74) is 3.28. The summed E-state index contributed by atoms with van der Waals surface area (Å²) in [6.45, 7) is 1.90. The van der Waals surface area contributed by atoms with E-state index >= 15 is 0 Å². The van der Waals surface area contributed by atoms with Gasteiger partial charge in [-0.1, -0.05) is 0 Å². The highest BCUT2D eigenvalue weighted by Crippen LogP contribution is 2.34. The van der Waals surface area contributed by atoms with E-state index in [0.29, 0.717) is 22.7 Å². The lowest BCUT2D eigenvalue weighted by atomic mass is 10.1. The highest BCUT2D eigenvalue weighted by Gasteiger charge is 2.30. The first kappa shape index (κ1) is 23.0. The summed E-state index contributed by atoms with van der Waals surface area (Å²) in [6, 6.07) is 15.6. The van der Waals surface area contributed by atoms with Crippen LogP contribution in [0.3, 0.4) is 0 Å². The summed E-state index contributed by atoms with van der Waals surface area (Å²) < 4.78 is 48.5. The Bertz CT molecular complexity index is 1110. The van der Waals surface area contributed by atoms with Crippen LogP contribution >= 0.6 is 0 Å². The molecule has 0 saturated carbocycles.